The number of benzene rings is 2. The summed E-state index contributed by atoms with van der Waals surface area (Å²) in [6.07, 6.45) is 1.37. The van der Waals surface area contributed by atoms with Gasteiger partial charge in [-0.15, -0.1) is 0 Å². The Labute approximate surface area is 155 Å². The summed E-state index contributed by atoms with van der Waals surface area (Å²) in [5.74, 6) is 0.243. The Hall–Kier alpha value is -2.24. The molecule has 0 unspecified atom stereocenters. The molecule has 1 N–H and O–H groups in total. The van der Waals surface area contributed by atoms with Crippen LogP contribution in [0.25, 0.3) is 0 Å². The van der Waals surface area contributed by atoms with E-state index in [9.17, 15) is 9.59 Å². The second-order valence-corrected chi connectivity index (χ2v) is 6.46. The van der Waals surface area contributed by atoms with E-state index in [0.29, 0.717) is 40.7 Å². The van der Waals surface area contributed by atoms with Crippen LogP contribution in [0.15, 0.2) is 36.4 Å². The van der Waals surface area contributed by atoms with E-state index in [1.165, 1.54) is 13.2 Å². The molecule has 0 radical (unpaired) electrons. The van der Waals surface area contributed by atoms with Crippen LogP contribution in [0.1, 0.15) is 23.2 Å². The molecular formula is C18H16Cl2N2O3. The lowest BCUT2D eigenvalue weighted by Crippen LogP contribution is -2.24. The average Bonchev–Trinajstić information content (AvgIpc) is 3.00. The number of hydrogen-bond donors (Lipinski definition) is 1. The number of methoxy groups -OCH3 is 1. The van der Waals surface area contributed by atoms with Gasteiger partial charge in [0.25, 0.3) is 5.91 Å². The fourth-order valence-electron chi connectivity index (χ4n) is 2.75. The van der Waals surface area contributed by atoms with Crippen molar-refractivity contribution in [3.05, 3.63) is 52.0 Å². The molecule has 2 aromatic rings. The zero-order valence-corrected chi connectivity index (χ0v) is 15.0. The van der Waals surface area contributed by atoms with Gasteiger partial charge < -0.3 is 15.0 Å². The molecular weight excluding hydrogens is 363 g/mol. The summed E-state index contributed by atoms with van der Waals surface area (Å²) in [7, 11) is 1.53. The summed E-state index contributed by atoms with van der Waals surface area (Å²) in [4.78, 5) is 26.0. The van der Waals surface area contributed by atoms with Crippen LogP contribution in [0, 0.1) is 0 Å². The third-order valence-electron chi connectivity index (χ3n) is 3.98. The number of amides is 2. The van der Waals surface area contributed by atoms with Crippen molar-refractivity contribution in [1.29, 1.82) is 0 Å². The molecule has 5 nitrogen and oxygen atoms in total. The predicted octanol–water partition coefficient (Wildman–Crippen LogP) is 4.38. The van der Waals surface area contributed by atoms with Gasteiger partial charge in [-0.3, -0.25) is 9.59 Å². The molecule has 0 aliphatic carbocycles. The number of halogens is 2. The van der Waals surface area contributed by atoms with Crippen LogP contribution in [-0.4, -0.2) is 25.5 Å². The van der Waals surface area contributed by atoms with Gasteiger partial charge in [-0.25, -0.2) is 0 Å². The Morgan fingerprint density at radius 2 is 2.00 bits per heavy atom. The quantitative estimate of drug-likeness (QED) is 0.858. The fraction of sp³-hybridized carbons (Fsp3) is 0.222. The van der Waals surface area contributed by atoms with Gasteiger partial charge in [0.1, 0.15) is 5.75 Å². The summed E-state index contributed by atoms with van der Waals surface area (Å²) in [5, 5.41) is 3.51. The lowest BCUT2D eigenvalue weighted by Gasteiger charge is -2.19. The molecule has 2 amide bonds. The number of rotatable bonds is 4. The smallest absolute Gasteiger partial charge is 0.257 e. The second kappa shape index (κ2) is 7.33. The predicted molar refractivity (Wildman–Crippen MR) is 99.0 cm³/mol. The number of carbonyl (C=O) groups excluding carboxylic acids is 2. The van der Waals surface area contributed by atoms with Crippen molar-refractivity contribution in [2.45, 2.75) is 12.8 Å². The molecule has 0 saturated carbocycles. The van der Waals surface area contributed by atoms with Gasteiger partial charge >= 0.3 is 0 Å². The van der Waals surface area contributed by atoms with Gasteiger partial charge in [0.2, 0.25) is 5.91 Å². The van der Waals surface area contributed by atoms with Crippen molar-refractivity contribution < 1.29 is 14.3 Å². The molecule has 2 aromatic carbocycles. The van der Waals surface area contributed by atoms with Crippen molar-refractivity contribution >= 4 is 46.4 Å². The Morgan fingerprint density at radius 1 is 1.20 bits per heavy atom. The van der Waals surface area contributed by atoms with Crippen LogP contribution >= 0.6 is 23.2 Å². The lowest BCUT2D eigenvalue weighted by atomic mass is 10.2. The first-order valence-corrected chi connectivity index (χ1v) is 8.50. The van der Waals surface area contributed by atoms with E-state index in [4.69, 9.17) is 27.9 Å². The van der Waals surface area contributed by atoms with Crippen LogP contribution in [-0.2, 0) is 4.79 Å². The molecule has 1 fully saturated rings. The molecule has 3 rings (SSSR count). The van der Waals surface area contributed by atoms with Crippen molar-refractivity contribution in [3.63, 3.8) is 0 Å². The van der Waals surface area contributed by atoms with Gasteiger partial charge in [-0.2, -0.15) is 0 Å². The highest BCUT2D eigenvalue weighted by molar-refractivity contribution is 6.37. The van der Waals surface area contributed by atoms with Gasteiger partial charge in [-0.1, -0.05) is 23.2 Å². The van der Waals surface area contributed by atoms with Crippen molar-refractivity contribution in [3.8, 4) is 5.75 Å². The summed E-state index contributed by atoms with van der Waals surface area (Å²) in [6.45, 7) is 0.668. The molecule has 0 aromatic heterocycles. The van der Waals surface area contributed by atoms with E-state index >= 15 is 0 Å². The SMILES string of the molecule is COc1cc(NC(=O)c2ccc(Cl)cc2Cl)ccc1N1CCCC1=O. The third kappa shape index (κ3) is 3.72. The Balaban J connectivity index is 1.83. The molecule has 0 spiro atoms. The Morgan fingerprint density at radius 3 is 2.64 bits per heavy atom. The topological polar surface area (TPSA) is 58.6 Å². The van der Waals surface area contributed by atoms with E-state index in [1.54, 1.807) is 35.2 Å². The van der Waals surface area contributed by atoms with Gasteiger partial charge in [0.15, 0.2) is 0 Å². The van der Waals surface area contributed by atoms with Crippen LogP contribution in [0.2, 0.25) is 10.0 Å². The van der Waals surface area contributed by atoms with E-state index in [1.807, 2.05) is 0 Å². The Bertz CT molecular complexity index is 839. The van der Waals surface area contributed by atoms with Crippen molar-refractivity contribution in [2.24, 2.45) is 0 Å². The summed E-state index contributed by atoms with van der Waals surface area (Å²) < 4.78 is 5.38. The van der Waals surface area contributed by atoms with E-state index < -0.39 is 0 Å². The molecule has 7 heteroatoms. The zero-order chi connectivity index (χ0) is 18.0. The number of nitrogens with zero attached hydrogens (tertiary/aromatic N) is 1. The molecule has 0 bridgehead atoms. The second-order valence-electron chi connectivity index (χ2n) is 5.61. The first-order chi connectivity index (χ1) is 12.0. The highest BCUT2D eigenvalue weighted by Crippen LogP contribution is 2.34. The minimum atomic E-state index is -0.353. The van der Waals surface area contributed by atoms with E-state index in [0.717, 1.165) is 6.42 Å². The highest BCUT2D eigenvalue weighted by atomic mass is 35.5. The molecule has 130 valence electrons. The summed E-state index contributed by atoms with van der Waals surface area (Å²) >= 11 is 11.9. The number of anilines is 2. The van der Waals surface area contributed by atoms with Crippen molar-refractivity contribution in [2.75, 3.05) is 23.9 Å². The maximum Gasteiger partial charge on any atom is 0.257 e. The minimum Gasteiger partial charge on any atom is -0.494 e. The standard InChI is InChI=1S/C18H16Cl2N2O3/c1-25-16-10-12(5-7-15(16)22-8-2-3-17(22)23)21-18(24)13-6-4-11(19)9-14(13)20/h4-7,9-10H,2-3,8H2,1H3,(H,21,24). The minimum absolute atomic E-state index is 0.0723. The number of hydrogen-bond acceptors (Lipinski definition) is 3. The van der Waals surface area contributed by atoms with Crippen LogP contribution in [0.4, 0.5) is 11.4 Å². The molecule has 0 atom stereocenters. The highest BCUT2D eigenvalue weighted by Gasteiger charge is 2.24. The first-order valence-electron chi connectivity index (χ1n) is 7.74. The van der Waals surface area contributed by atoms with Crippen LogP contribution < -0.4 is 15.0 Å². The van der Waals surface area contributed by atoms with Gasteiger partial charge in [-0.05, 0) is 36.8 Å². The maximum absolute atomic E-state index is 12.4. The number of ether oxygens (including phenoxy) is 1. The monoisotopic (exact) mass is 378 g/mol. The first kappa shape index (κ1) is 17.6. The average molecular weight is 379 g/mol. The molecule has 1 aliphatic heterocycles. The van der Waals surface area contributed by atoms with Crippen LogP contribution in [0.5, 0.6) is 5.75 Å². The molecule has 1 heterocycles. The summed E-state index contributed by atoms with van der Waals surface area (Å²) in [6, 6.07) is 9.86. The fourth-order valence-corrected chi connectivity index (χ4v) is 3.25. The van der Waals surface area contributed by atoms with Gasteiger partial charge in [0.05, 0.1) is 23.4 Å². The Kier molecular flexibility index (Phi) is 5.16. The molecule has 1 aliphatic rings. The van der Waals surface area contributed by atoms with E-state index in [-0.39, 0.29) is 16.8 Å². The number of carbonyl (C=O) groups is 2. The largest absolute Gasteiger partial charge is 0.494 e. The lowest BCUT2D eigenvalue weighted by molar-refractivity contribution is -0.117. The van der Waals surface area contributed by atoms with Crippen LogP contribution in [0.3, 0.4) is 0 Å². The summed E-state index contributed by atoms with van der Waals surface area (Å²) in [5.41, 5.74) is 1.57. The van der Waals surface area contributed by atoms with E-state index in [2.05, 4.69) is 5.32 Å². The van der Waals surface area contributed by atoms with Gasteiger partial charge in [0, 0.05) is 29.7 Å². The zero-order valence-electron chi connectivity index (χ0n) is 13.5. The number of nitrogens with one attached hydrogen (secondary N) is 1. The normalized spacial score (nSPS) is 13.9. The molecule has 25 heavy (non-hydrogen) atoms. The van der Waals surface area contributed by atoms with Crippen molar-refractivity contribution in [1.82, 2.24) is 0 Å². The molecule has 1 saturated heterocycles. The maximum atomic E-state index is 12.4. The third-order valence-corrected chi connectivity index (χ3v) is 4.53.